The predicted molar refractivity (Wildman–Crippen MR) is 100 cm³/mol. The molecular weight excluding hydrogens is 308 g/mol. The summed E-state index contributed by atoms with van der Waals surface area (Å²) in [6.45, 7) is 2.09. The molecule has 0 aliphatic heterocycles. The number of aryl methyl sites for hydroxylation is 1. The van der Waals surface area contributed by atoms with Gasteiger partial charge in [-0.15, -0.1) is 0 Å². The molecule has 0 unspecified atom stereocenters. The van der Waals surface area contributed by atoms with E-state index in [9.17, 15) is 4.79 Å². The number of imidazole rings is 1. The van der Waals surface area contributed by atoms with Gasteiger partial charge in [-0.25, -0.2) is 4.98 Å². The van der Waals surface area contributed by atoms with Crippen molar-refractivity contribution in [3.05, 3.63) is 95.8 Å². The largest absolute Gasteiger partial charge is 0.296 e. The summed E-state index contributed by atoms with van der Waals surface area (Å²) >= 11 is 0. The lowest BCUT2D eigenvalue weighted by atomic mass is 10.0. The average Bonchev–Trinajstić information content (AvgIpc) is 3.06. The van der Waals surface area contributed by atoms with Gasteiger partial charge in [0.05, 0.1) is 11.0 Å². The van der Waals surface area contributed by atoms with Crippen molar-refractivity contribution in [3.8, 4) is 5.69 Å². The molecular formula is C22H18N2O. The van der Waals surface area contributed by atoms with E-state index in [0.29, 0.717) is 11.1 Å². The van der Waals surface area contributed by atoms with Crippen LogP contribution in [0.25, 0.3) is 16.7 Å². The molecule has 3 nitrogen and oxygen atoms in total. The molecule has 0 N–H and O–H groups in total. The number of rotatable bonds is 4. The van der Waals surface area contributed by atoms with Crippen LogP contribution in [-0.2, 0) is 6.42 Å². The van der Waals surface area contributed by atoms with Crippen molar-refractivity contribution in [1.82, 2.24) is 9.55 Å². The lowest BCUT2D eigenvalue weighted by Gasteiger charge is -2.08. The maximum Gasteiger partial charge on any atom is 0.193 e. The van der Waals surface area contributed by atoms with Crippen molar-refractivity contribution in [3.63, 3.8) is 0 Å². The van der Waals surface area contributed by atoms with Crippen LogP contribution in [-0.4, -0.2) is 15.3 Å². The minimum atomic E-state index is 0.0230. The molecule has 0 atom stereocenters. The number of carbonyl (C=O) groups is 1. The molecule has 4 aromatic rings. The van der Waals surface area contributed by atoms with Crippen LogP contribution in [0.4, 0.5) is 0 Å². The minimum absolute atomic E-state index is 0.0230. The highest BCUT2D eigenvalue weighted by Gasteiger charge is 2.14. The Morgan fingerprint density at radius 1 is 0.880 bits per heavy atom. The number of carbonyl (C=O) groups excluding carboxylic acids is 1. The van der Waals surface area contributed by atoms with Crippen LogP contribution >= 0.6 is 0 Å². The third-order valence-corrected chi connectivity index (χ3v) is 4.35. The van der Waals surface area contributed by atoms with E-state index in [-0.39, 0.29) is 5.78 Å². The Balaban J connectivity index is 1.84. The first-order chi connectivity index (χ1) is 12.3. The predicted octanol–water partition coefficient (Wildman–Crippen LogP) is 4.82. The van der Waals surface area contributed by atoms with E-state index >= 15 is 0 Å². The Morgan fingerprint density at radius 3 is 2.24 bits per heavy atom. The number of para-hydroxylation sites is 1. The first-order valence-corrected chi connectivity index (χ1v) is 8.44. The van der Waals surface area contributed by atoms with E-state index in [1.54, 1.807) is 0 Å². The van der Waals surface area contributed by atoms with Gasteiger partial charge in [-0.3, -0.25) is 9.36 Å². The van der Waals surface area contributed by atoms with E-state index in [1.807, 2.05) is 66.7 Å². The van der Waals surface area contributed by atoms with Gasteiger partial charge in [-0.2, -0.15) is 0 Å². The Hall–Kier alpha value is -3.20. The Bertz CT molecular complexity index is 1030. The van der Waals surface area contributed by atoms with Crippen molar-refractivity contribution < 1.29 is 4.79 Å². The van der Waals surface area contributed by atoms with Crippen molar-refractivity contribution in [1.29, 1.82) is 0 Å². The van der Waals surface area contributed by atoms with Gasteiger partial charge in [-0.05, 0) is 30.3 Å². The number of benzene rings is 3. The molecule has 0 fully saturated rings. The summed E-state index contributed by atoms with van der Waals surface area (Å²) in [5.41, 5.74) is 4.32. The van der Waals surface area contributed by atoms with Gasteiger partial charge in [0.25, 0.3) is 0 Å². The fourth-order valence-electron chi connectivity index (χ4n) is 3.13. The molecule has 1 aromatic heterocycles. The Labute approximate surface area is 146 Å². The number of fused-ring (bicyclic) bond motifs is 1. The number of hydrogen-bond donors (Lipinski definition) is 0. The van der Waals surface area contributed by atoms with Crippen LogP contribution in [0, 0.1) is 0 Å². The van der Waals surface area contributed by atoms with Crippen LogP contribution in [0.3, 0.4) is 0 Å². The lowest BCUT2D eigenvalue weighted by Crippen LogP contribution is -2.01. The Morgan fingerprint density at radius 2 is 1.56 bits per heavy atom. The molecule has 0 amide bonds. The molecule has 0 aliphatic rings. The molecule has 25 heavy (non-hydrogen) atoms. The molecule has 1 heterocycles. The van der Waals surface area contributed by atoms with Gasteiger partial charge in [0.15, 0.2) is 5.78 Å². The van der Waals surface area contributed by atoms with Crippen LogP contribution in [0.1, 0.15) is 28.7 Å². The standard InChI is InChI=1S/C22H18N2O/c1-2-21-23-19-15-17(22(25)16-9-5-3-6-10-16)13-14-20(19)24(21)18-11-7-4-8-12-18/h3-15H,2H2,1H3. The van der Waals surface area contributed by atoms with Crippen molar-refractivity contribution in [2.75, 3.05) is 0 Å². The molecule has 0 saturated heterocycles. The van der Waals surface area contributed by atoms with Gasteiger partial charge in [0.1, 0.15) is 5.82 Å². The quantitative estimate of drug-likeness (QED) is 0.504. The smallest absolute Gasteiger partial charge is 0.193 e. The topological polar surface area (TPSA) is 34.9 Å². The van der Waals surface area contributed by atoms with E-state index in [4.69, 9.17) is 4.98 Å². The molecule has 0 spiro atoms. The summed E-state index contributed by atoms with van der Waals surface area (Å²) in [4.78, 5) is 17.4. The second kappa shape index (κ2) is 6.36. The van der Waals surface area contributed by atoms with Gasteiger partial charge < -0.3 is 0 Å². The molecule has 122 valence electrons. The maximum absolute atomic E-state index is 12.7. The molecule has 4 rings (SSSR count). The van der Waals surface area contributed by atoms with Crippen LogP contribution in [0.15, 0.2) is 78.9 Å². The minimum Gasteiger partial charge on any atom is -0.296 e. The highest BCUT2D eigenvalue weighted by atomic mass is 16.1. The molecule has 3 aromatic carbocycles. The third-order valence-electron chi connectivity index (χ3n) is 4.35. The van der Waals surface area contributed by atoms with E-state index in [2.05, 4.69) is 23.6 Å². The second-order valence-electron chi connectivity index (χ2n) is 5.95. The highest BCUT2D eigenvalue weighted by molar-refractivity contribution is 6.10. The normalized spacial score (nSPS) is 10.9. The van der Waals surface area contributed by atoms with Crippen molar-refractivity contribution in [2.24, 2.45) is 0 Å². The second-order valence-corrected chi connectivity index (χ2v) is 5.95. The van der Waals surface area contributed by atoms with E-state index in [1.165, 1.54) is 0 Å². The van der Waals surface area contributed by atoms with E-state index in [0.717, 1.165) is 29.0 Å². The number of ketones is 1. The van der Waals surface area contributed by atoms with Crippen LogP contribution in [0.2, 0.25) is 0 Å². The zero-order chi connectivity index (χ0) is 17.2. The third kappa shape index (κ3) is 2.74. The summed E-state index contributed by atoms with van der Waals surface area (Å²) in [6.07, 6.45) is 0.825. The first kappa shape index (κ1) is 15.3. The summed E-state index contributed by atoms with van der Waals surface area (Å²) < 4.78 is 2.16. The summed E-state index contributed by atoms with van der Waals surface area (Å²) in [7, 11) is 0. The molecule has 3 heteroatoms. The van der Waals surface area contributed by atoms with Gasteiger partial charge in [0, 0.05) is 23.2 Å². The molecule has 0 bridgehead atoms. The van der Waals surface area contributed by atoms with Crippen LogP contribution < -0.4 is 0 Å². The maximum atomic E-state index is 12.7. The first-order valence-electron chi connectivity index (χ1n) is 8.44. The van der Waals surface area contributed by atoms with Crippen molar-refractivity contribution >= 4 is 16.8 Å². The average molecular weight is 326 g/mol. The van der Waals surface area contributed by atoms with Gasteiger partial charge in [0.2, 0.25) is 0 Å². The van der Waals surface area contributed by atoms with E-state index < -0.39 is 0 Å². The number of nitrogens with zero attached hydrogens (tertiary/aromatic N) is 2. The summed E-state index contributed by atoms with van der Waals surface area (Å²) in [5, 5.41) is 0. The summed E-state index contributed by atoms with van der Waals surface area (Å²) in [6, 6.07) is 25.3. The lowest BCUT2D eigenvalue weighted by molar-refractivity contribution is 0.103. The zero-order valence-electron chi connectivity index (χ0n) is 14.0. The van der Waals surface area contributed by atoms with Crippen LogP contribution in [0.5, 0.6) is 0 Å². The van der Waals surface area contributed by atoms with Gasteiger partial charge in [-0.1, -0.05) is 55.5 Å². The summed E-state index contributed by atoms with van der Waals surface area (Å²) in [5.74, 6) is 1.01. The fraction of sp³-hybridized carbons (Fsp3) is 0.0909. The zero-order valence-corrected chi connectivity index (χ0v) is 14.0. The highest BCUT2D eigenvalue weighted by Crippen LogP contribution is 2.24. The van der Waals surface area contributed by atoms with Gasteiger partial charge >= 0.3 is 0 Å². The molecule has 0 aliphatic carbocycles. The molecule has 0 saturated carbocycles. The SMILES string of the molecule is CCc1nc2cc(C(=O)c3ccccc3)ccc2n1-c1ccccc1. The monoisotopic (exact) mass is 326 g/mol. The fourth-order valence-corrected chi connectivity index (χ4v) is 3.13. The number of aromatic nitrogens is 2. The number of hydrogen-bond acceptors (Lipinski definition) is 2. The van der Waals surface area contributed by atoms with Crippen molar-refractivity contribution in [2.45, 2.75) is 13.3 Å². The Kier molecular flexibility index (Phi) is 3.90. The molecule has 0 radical (unpaired) electrons.